The van der Waals surface area contributed by atoms with Crippen LogP contribution in [0.5, 0.6) is 0 Å². The fourth-order valence-electron chi connectivity index (χ4n) is 1.77. The van der Waals surface area contributed by atoms with Crippen LogP contribution < -0.4 is 0 Å². The van der Waals surface area contributed by atoms with Crippen molar-refractivity contribution < 1.29 is 58.2 Å². The molecule has 13 heteroatoms. The van der Waals surface area contributed by atoms with Crippen molar-refractivity contribution in [3.8, 4) is 0 Å². The van der Waals surface area contributed by atoms with Crippen LogP contribution in [-0.4, -0.2) is 43.4 Å². The van der Waals surface area contributed by atoms with Gasteiger partial charge in [-0.05, 0) is 13.3 Å². The number of halogens is 10. The summed E-state index contributed by atoms with van der Waals surface area (Å²) in [5.74, 6) is -4.27. The lowest BCUT2D eigenvalue weighted by molar-refractivity contribution is -0.219. The van der Waals surface area contributed by atoms with E-state index in [9.17, 15) is 48.7 Å². The summed E-state index contributed by atoms with van der Waals surface area (Å²) >= 11 is 0. The Bertz CT molecular complexity index is 558. The first kappa shape index (κ1) is 26.3. The van der Waals surface area contributed by atoms with Crippen molar-refractivity contribution in [3.05, 3.63) is 11.3 Å². The zero-order valence-electron chi connectivity index (χ0n) is 14.9. The second-order valence-corrected chi connectivity index (χ2v) is 5.92. The molecule has 0 fully saturated rings. The largest absolute Gasteiger partial charge is 0.485 e. The molecule has 0 spiro atoms. The standard InChI is InChI=1S/C15H18F10O3/c1-4-8(2)11(26)28-6-5-27-10(14(20,21)22)9(7-13(17,18)19)12(3,16)15(23,24)25/h8H,4-7H2,1-3H3/b10-9-. The third-order valence-corrected chi connectivity index (χ3v) is 3.60. The molecule has 0 saturated carbocycles. The van der Waals surface area contributed by atoms with Gasteiger partial charge in [0.15, 0.2) is 0 Å². The van der Waals surface area contributed by atoms with E-state index in [1.54, 1.807) is 6.92 Å². The molecule has 0 bridgehead atoms. The van der Waals surface area contributed by atoms with Crippen LogP contribution in [0, 0.1) is 5.92 Å². The maximum atomic E-state index is 14.0. The van der Waals surface area contributed by atoms with Crippen molar-refractivity contribution in [1.82, 2.24) is 0 Å². The van der Waals surface area contributed by atoms with Gasteiger partial charge in [-0.1, -0.05) is 13.8 Å². The van der Waals surface area contributed by atoms with Gasteiger partial charge in [-0.15, -0.1) is 0 Å². The van der Waals surface area contributed by atoms with E-state index in [0.717, 1.165) is 0 Å². The molecular formula is C15H18F10O3. The lowest BCUT2D eigenvalue weighted by atomic mass is 9.92. The predicted molar refractivity (Wildman–Crippen MR) is 75.7 cm³/mol. The number of carbonyl (C=O) groups is 1. The molecule has 0 heterocycles. The topological polar surface area (TPSA) is 35.5 Å². The second-order valence-electron chi connectivity index (χ2n) is 5.92. The van der Waals surface area contributed by atoms with E-state index in [0.29, 0.717) is 6.42 Å². The van der Waals surface area contributed by atoms with Gasteiger partial charge in [0.05, 0.1) is 12.3 Å². The zero-order valence-corrected chi connectivity index (χ0v) is 14.9. The highest BCUT2D eigenvalue weighted by molar-refractivity contribution is 5.71. The summed E-state index contributed by atoms with van der Waals surface area (Å²) in [4.78, 5) is 11.4. The Morgan fingerprint density at radius 3 is 1.71 bits per heavy atom. The third-order valence-electron chi connectivity index (χ3n) is 3.60. The quantitative estimate of drug-likeness (QED) is 0.214. The molecule has 0 aliphatic rings. The molecule has 2 unspecified atom stereocenters. The summed E-state index contributed by atoms with van der Waals surface area (Å²) in [6.07, 6.45) is -20.1. The number of hydrogen-bond donors (Lipinski definition) is 0. The molecule has 0 aromatic carbocycles. The van der Waals surface area contributed by atoms with E-state index < -0.39 is 74.0 Å². The first-order chi connectivity index (χ1) is 12.3. The Morgan fingerprint density at radius 2 is 1.36 bits per heavy atom. The molecule has 0 aromatic heterocycles. The van der Waals surface area contributed by atoms with Crippen molar-refractivity contribution in [2.75, 3.05) is 13.2 Å². The van der Waals surface area contributed by atoms with Gasteiger partial charge in [0, 0.05) is 5.57 Å². The Kier molecular flexibility index (Phi) is 8.65. The summed E-state index contributed by atoms with van der Waals surface area (Å²) in [5.41, 5.74) is -7.64. The van der Waals surface area contributed by atoms with Crippen LogP contribution in [0.15, 0.2) is 11.3 Å². The molecule has 0 aliphatic carbocycles. The van der Waals surface area contributed by atoms with Crippen molar-refractivity contribution in [2.45, 2.75) is 57.8 Å². The van der Waals surface area contributed by atoms with E-state index in [2.05, 4.69) is 9.47 Å². The van der Waals surface area contributed by atoms with Crippen LogP contribution in [0.1, 0.15) is 33.6 Å². The highest BCUT2D eigenvalue weighted by atomic mass is 19.4. The molecule has 2 atom stereocenters. The number of carbonyl (C=O) groups excluding carboxylic acids is 1. The van der Waals surface area contributed by atoms with Gasteiger partial charge < -0.3 is 9.47 Å². The first-order valence-corrected chi connectivity index (χ1v) is 7.77. The van der Waals surface area contributed by atoms with Gasteiger partial charge >= 0.3 is 24.5 Å². The predicted octanol–water partition coefficient (Wildman–Crippen LogP) is 5.65. The normalized spacial score (nSPS) is 17.5. The minimum absolute atomic E-state index is 0.314. The summed E-state index contributed by atoms with van der Waals surface area (Å²) in [6, 6.07) is 0. The van der Waals surface area contributed by atoms with Crippen LogP contribution >= 0.6 is 0 Å². The average molecular weight is 436 g/mol. The van der Waals surface area contributed by atoms with Gasteiger partial charge in [0.25, 0.3) is 0 Å². The van der Waals surface area contributed by atoms with Crippen molar-refractivity contribution in [2.24, 2.45) is 5.92 Å². The number of hydrogen-bond acceptors (Lipinski definition) is 3. The molecule has 166 valence electrons. The van der Waals surface area contributed by atoms with Crippen LogP contribution in [0.4, 0.5) is 43.9 Å². The summed E-state index contributed by atoms with van der Waals surface area (Å²) in [6.45, 7) is 0.425. The van der Waals surface area contributed by atoms with Gasteiger partial charge in [0.2, 0.25) is 11.4 Å². The molecule has 0 aromatic rings. The molecular weight excluding hydrogens is 418 g/mol. The van der Waals surface area contributed by atoms with Crippen LogP contribution in [-0.2, 0) is 14.3 Å². The number of esters is 1. The maximum absolute atomic E-state index is 14.0. The average Bonchev–Trinajstić information content (AvgIpc) is 2.48. The van der Waals surface area contributed by atoms with Crippen molar-refractivity contribution >= 4 is 5.97 Å². The van der Waals surface area contributed by atoms with Crippen LogP contribution in [0.3, 0.4) is 0 Å². The molecule has 0 radical (unpaired) electrons. The van der Waals surface area contributed by atoms with Crippen LogP contribution in [0.2, 0.25) is 0 Å². The summed E-state index contributed by atoms with van der Waals surface area (Å²) < 4.78 is 138. The fraction of sp³-hybridized carbons (Fsp3) is 0.800. The molecule has 0 N–H and O–H groups in total. The van der Waals surface area contributed by atoms with E-state index in [4.69, 9.17) is 0 Å². The van der Waals surface area contributed by atoms with Gasteiger partial charge in [-0.25, -0.2) is 4.39 Å². The lowest BCUT2D eigenvalue weighted by Crippen LogP contribution is -2.43. The molecule has 0 aliphatic heterocycles. The highest BCUT2D eigenvalue weighted by Crippen LogP contribution is 2.47. The van der Waals surface area contributed by atoms with Gasteiger partial charge in [-0.2, -0.15) is 39.5 Å². The minimum Gasteiger partial charge on any atom is -0.485 e. The number of alkyl halides is 10. The van der Waals surface area contributed by atoms with Crippen LogP contribution in [0.25, 0.3) is 0 Å². The maximum Gasteiger partial charge on any atom is 0.448 e. The molecule has 28 heavy (non-hydrogen) atoms. The molecule has 0 rings (SSSR count). The monoisotopic (exact) mass is 436 g/mol. The van der Waals surface area contributed by atoms with E-state index in [1.807, 2.05) is 0 Å². The summed E-state index contributed by atoms with van der Waals surface area (Å²) in [7, 11) is 0. The number of rotatable bonds is 8. The van der Waals surface area contributed by atoms with E-state index in [1.165, 1.54) is 6.92 Å². The van der Waals surface area contributed by atoms with Crippen molar-refractivity contribution in [3.63, 3.8) is 0 Å². The first-order valence-electron chi connectivity index (χ1n) is 7.77. The Balaban J connectivity index is 5.82. The smallest absolute Gasteiger partial charge is 0.448 e. The van der Waals surface area contributed by atoms with E-state index in [-0.39, 0.29) is 0 Å². The lowest BCUT2D eigenvalue weighted by Gasteiger charge is -2.30. The third kappa shape index (κ3) is 7.74. The second kappa shape index (κ2) is 9.21. The number of ether oxygens (including phenoxy) is 2. The Hall–Kier alpha value is -1.69. The Morgan fingerprint density at radius 1 is 0.893 bits per heavy atom. The SMILES string of the molecule is CCC(C)C(=O)OCCO/C(=C(/CC(F)(F)F)C(C)(F)C(F)(F)F)C(F)(F)F. The Labute approximate surface area is 153 Å². The highest BCUT2D eigenvalue weighted by Gasteiger charge is 2.60. The van der Waals surface area contributed by atoms with Gasteiger partial charge in [-0.3, -0.25) is 4.79 Å². The molecule has 3 nitrogen and oxygen atoms in total. The molecule has 0 amide bonds. The van der Waals surface area contributed by atoms with Crippen molar-refractivity contribution in [1.29, 1.82) is 0 Å². The zero-order chi connectivity index (χ0) is 22.6. The minimum atomic E-state index is -6.07. The number of allylic oxidation sites excluding steroid dienone is 2. The van der Waals surface area contributed by atoms with Gasteiger partial charge in [0.1, 0.15) is 13.2 Å². The molecule has 0 saturated heterocycles. The summed E-state index contributed by atoms with van der Waals surface area (Å²) in [5, 5.41) is 0. The van der Waals surface area contributed by atoms with E-state index >= 15 is 0 Å². The fourth-order valence-corrected chi connectivity index (χ4v) is 1.77.